The third-order valence-electron chi connectivity index (χ3n) is 5.67. The van der Waals surface area contributed by atoms with Gasteiger partial charge in [-0.05, 0) is 43.9 Å². The Kier molecular flexibility index (Phi) is 6.87. The zero-order chi connectivity index (χ0) is 23.2. The number of nitrogens with zero attached hydrogens (tertiary/aromatic N) is 5. The molecule has 3 heterocycles. The van der Waals surface area contributed by atoms with Gasteiger partial charge in [-0.2, -0.15) is 0 Å². The van der Waals surface area contributed by atoms with Gasteiger partial charge >= 0.3 is 0 Å². The Morgan fingerprint density at radius 1 is 1.18 bits per heavy atom. The molecule has 1 N–H and O–H groups in total. The fraction of sp³-hybridized carbons (Fsp3) is 0.333. The van der Waals surface area contributed by atoms with Gasteiger partial charge in [0.1, 0.15) is 11.4 Å². The summed E-state index contributed by atoms with van der Waals surface area (Å²) in [6.07, 6.45) is 8.69. The van der Waals surface area contributed by atoms with Crippen molar-refractivity contribution in [3.05, 3.63) is 77.4 Å². The predicted octanol–water partition coefficient (Wildman–Crippen LogP) is 2.88. The second-order valence-corrected chi connectivity index (χ2v) is 7.86. The third kappa shape index (κ3) is 5.14. The van der Waals surface area contributed by atoms with E-state index in [0.717, 1.165) is 30.6 Å². The van der Waals surface area contributed by atoms with Crippen LogP contribution in [-0.2, 0) is 6.54 Å². The lowest BCUT2D eigenvalue weighted by Crippen LogP contribution is -2.40. The lowest BCUT2D eigenvalue weighted by Gasteiger charge is -2.34. The number of methoxy groups -OCH3 is 1. The summed E-state index contributed by atoms with van der Waals surface area (Å²) < 4.78 is 5.22. The summed E-state index contributed by atoms with van der Waals surface area (Å²) in [5.41, 5.74) is 2.21. The van der Waals surface area contributed by atoms with E-state index < -0.39 is 0 Å². The topological polar surface area (TPSA) is 110 Å². The number of likely N-dealkylation sites (tertiary alicyclic amines) is 1. The maximum absolute atomic E-state index is 13.0. The maximum atomic E-state index is 13.0. The summed E-state index contributed by atoms with van der Waals surface area (Å²) in [6, 6.07) is 7.26. The second-order valence-electron chi connectivity index (χ2n) is 7.86. The number of carbonyl (C=O) groups is 2. The first-order valence-corrected chi connectivity index (χ1v) is 10.9. The van der Waals surface area contributed by atoms with Crippen molar-refractivity contribution in [3.63, 3.8) is 0 Å². The minimum Gasteiger partial charge on any atom is -0.497 e. The van der Waals surface area contributed by atoms with Gasteiger partial charge in [-0.3, -0.25) is 14.6 Å². The van der Waals surface area contributed by atoms with E-state index in [-0.39, 0.29) is 17.9 Å². The maximum Gasteiger partial charge on any atom is 0.274 e. The summed E-state index contributed by atoms with van der Waals surface area (Å²) in [6.45, 7) is 2.74. The van der Waals surface area contributed by atoms with E-state index >= 15 is 0 Å². The van der Waals surface area contributed by atoms with Gasteiger partial charge in [-0.1, -0.05) is 12.1 Å². The molecule has 1 aliphatic heterocycles. The van der Waals surface area contributed by atoms with Crippen LogP contribution >= 0.6 is 0 Å². The van der Waals surface area contributed by atoms with E-state index in [9.17, 15) is 9.59 Å². The first-order chi connectivity index (χ1) is 16.1. The molecule has 0 aliphatic carbocycles. The molecule has 0 unspecified atom stereocenters. The normalized spacial score (nSPS) is 15.7. The summed E-state index contributed by atoms with van der Waals surface area (Å²) in [4.78, 5) is 44.7. The number of aryl methyl sites for hydroxylation is 1. The number of amides is 2. The predicted molar refractivity (Wildman–Crippen MR) is 121 cm³/mol. The highest BCUT2D eigenvalue weighted by molar-refractivity contribution is 5.95. The summed E-state index contributed by atoms with van der Waals surface area (Å²) in [5, 5.41) is 2.90. The zero-order valence-corrected chi connectivity index (χ0v) is 18.7. The molecule has 0 bridgehead atoms. The Bertz CT molecular complexity index is 1140. The number of benzene rings is 1. The third-order valence-corrected chi connectivity index (χ3v) is 5.67. The minimum atomic E-state index is -0.263. The molecule has 0 saturated carbocycles. The smallest absolute Gasteiger partial charge is 0.274 e. The number of rotatable bonds is 6. The van der Waals surface area contributed by atoms with E-state index in [2.05, 4.69) is 25.3 Å². The Morgan fingerprint density at radius 2 is 2.06 bits per heavy atom. The monoisotopic (exact) mass is 446 g/mol. The van der Waals surface area contributed by atoms with Crippen molar-refractivity contribution in [3.8, 4) is 5.75 Å². The number of hydrogen-bond donors (Lipinski definition) is 1. The van der Waals surface area contributed by atoms with E-state index in [1.54, 1.807) is 18.9 Å². The largest absolute Gasteiger partial charge is 0.497 e. The molecule has 0 radical (unpaired) electrons. The number of ether oxygens (including phenoxy) is 1. The standard InChI is InChI=1S/C24H26N6O3/c1-16-19(23(31)28-13-17-6-5-7-18(12-17)33-2)14-27-22(29-16)21-8-3-4-11-30(21)24(32)20-15-25-9-10-26-20/h5-7,9-10,12,14-15,21H,3-4,8,11,13H2,1-2H3,(H,28,31)/t21-/m0/s1. The highest BCUT2D eigenvalue weighted by atomic mass is 16.5. The molecule has 1 atom stereocenters. The number of aromatic nitrogens is 4. The molecule has 1 fully saturated rings. The van der Waals surface area contributed by atoms with Gasteiger partial charge in [0.15, 0.2) is 5.82 Å². The second kappa shape index (κ2) is 10.2. The average Bonchev–Trinajstić information content (AvgIpc) is 2.87. The molecule has 170 valence electrons. The average molecular weight is 447 g/mol. The van der Waals surface area contributed by atoms with Crippen molar-refractivity contribution < 1.29 is 14.3 Å². The van der Waals surface area contributed by atoms with Crippen LogP contribution in [-0.4, -0.2) is 50.3 Å². The van der Waals surface area contributed by atoms with Gasteiger partial charge in [-0.25, -0.2) is 15.0 Å². The van der Waals surface area contributed by atoms with Crippen LogP contribution in [0.15, 0.2) is 49.1 Å². The fourth-order valence-corrected chi connectivity index (χ4v) is 3.93. The van der Waals surface area contributed by atoms with Gasteiger partial charge in [0.2, 0.25) is 0 Å². The quantitative estimate of drug-likeness (QED) is 0.620. The number of hydrogen-bond acceptors (Lipinski definition) is 7. The Balaban J connectivity index is 1.48. The Labute approximate surface area is 192 Å². The van der Waals surface area contributed by atoms with Crippen LogP contribution in [0, 0.1) is 6.92 Å². The molecule has 3 aromatic rings. The molecule has 9 nitrogen and oxygen atoms in total. The van der Waals surface area contributed by atoms with Crippen LogP contribution in [0.3, 0.4) is 0 Å². The molecular weight excluding hydrogens is 420 g/mol. The van der Waals surface area contributed by atoms with E-state index in [1.165, 1.54) is 24.8 Å². The molecule has 33 heavy (non-hydrogen) atoms. The van der Waals surface area contributed by atoms with Crippen LogP contribution in [0.5, 0.6) is 5.75 Å². The van der Waals surface area contributed by atoms with Crippen molar-refractivity contribution in [1.29, 1.82) is 0 Å². The summed E-state index contributed by atoms with van der Waals surface area (Å²) in [7, 11) is 1.61. The molecule has 4 rings (SSSR count). The van der Waals surface area contributed by atoms with Gasteiger partial charge in [0.25, 0.3) is 11.8 Å². The van der Waals surface area contributed by atoms with Crippen molar-refractivity contribution in [2.75, 3.05) is 13.7 Å². The Morgan fingerprint density at radius 3 is 2.82 bits per heavy atom. The minimum absolute atomic E-state index is 0.186. The van der Waals surface area contributed by atoms with E-state index in [1.807, 2.05) is 24.3 Å². The first kappa shape index (κ1) is 22.3. The van der Waals surface area contributed by atoms with Gasteiger partial charge < -0.3 is 15.0 Å². The Hall–Kier alpha value is -3.88. The highest BCUT2D eigenvalue weighted by Crippen LogP contribution is 2.30. The van der Waals surface area contributed by atoms with Gasteiger partial charge in [-0.15, -0.1) is 0 Å². The fourth-order valence-electron chi connectivity index (χ4n) is 3.93. The molecular formula is C24H26N6O3. The van der Waals surface area contributed by atoms with Crippen LogP contribution in [0.4, 0.5) is 0 Å². The van der Waals surface area contributed by atoms with Crippen LogP contribution in [0.25, 0.3) is 0 Å². The van der Waals surface area contributed by atoms with Gasteiger partial charge in [0, 0.05) is 31.7 Å². The first-order valence-electron chi connectivity index (χ1n) is 10.9. The van der Waals surface area contributed by atoms with Crippen molar-refractivity contribution >= 4 is 11.8 Å². The van der Waals surface area contributed by atoms with Crippen molar-refractivity contribution in [2.24, 2.45) is 0 Å². The van der Waals surface area contributed by atoms with Crippen LogP contribution < -0.4 is 10.1 Å². The lowest BCUT2D eigenvalue weighted by atomic mass is 10.0. The number of nitrogens with one attached hydrogen (secondary N) is 1. The van der Waals surface area contributed by atoms with Crippen LogP contribution in [0.2, 0.25) is 0 Å². The molecule has 1 aliphatic rings. The molecule has 1 saturated heterocycles. The lowest BCUT2D eigenvalue weighted by molar-refractivity contribution is 0.0592. The summed E-state index contributed by atoms with van der Waals surface area (Å²) in [5.74, 6) is 0.833. The van der Waals surface area contributed by atoms with Crippen molar-refractivity contribution in [1.82, 2.24) is 30.2 Å². The molecule has 2 amide bonds. The SMILES string of the molecule is COc1cccc(CNC(=O)c2cnc([C@@H]3CCCCN3C(=O)c3cnccn3)nc2C)c1. The van der Waals surface area contributed by atoms with Crippen molar-refractivity contribution in [2.45, 2.75) is 38.8 Å². The molecule has 0 spiro atoms. The van der Waals surface area contributed by atoms with Gasteiger partial charge in [0.05, 0.1) is 30.6 Å². The molecule has 1 aromatic carbocycles. The molecule has 9 heteroatoms. The van der Waals surface area contributed by atoms with E-state index in [4.69, 9.17) is 4.74 Å². The van der Waals surface area contributed by atoms with Crippen LogP contribution in [0.1, 0.15) is 63.2 Å². The highest BCUT2D eigenvalue weighted by Gasteiger charge is 2.31. The number of piperidine rings is 1. The zero-order valence-electron chi connectivity index (χ0n) is 18.7. The molecule has 2 aromatic heterocycles. The summed E-state index contributed by atoms with van der Waals surface area (Å²) >= 11 is 0. The van der Waals surface area contributed by atoms with E-state index in [0.29, 0.717) is 35.9 Å². The number of carbonyl (C=O) groups excluding carboxylic acids is 2.